The van der Waals surface area contributed by atoms with Crippen LogP contribution in [0.1, 0.15) is 32.3 Å². The first-order chi connectivity index (χ1) is 9.85. The van der Waals surface area contributed by atoms with Crippen LogP contribution in [0.5, 0.6) is 5.75 Å². The number of ether oxygens (including phenoxy) is 1. The molecule has 0 aliphatic rings. The molecule has 108 valence electrons. The van der Waals surface area contributed by atoms with E-state index in [9.17, 15) is 0 Å². The Morgan fingerprint density at radius 2 is 2.10 bits per heavy atom. The molecule has 0 bridgehead atoms. The molecule has 2 rings (SSSR count). The van der Waals surface area contributed by atoms with Crippen LogP contribution >= 0.6 is 0 Å². The summed E-state index contributed by atoms with van der Waals surface area (Å²) in [5.41, 5.74) is 1.10. The third kappa shape index (κ3) is 3.69. The Bertz CT molecular complexity index is 526. The van der Waals surface area contributed by atoms with Crippen molar-refractivity contribution in [1.29, 1.82) is 0 Å². The van der Waals surface area contributed by atoms with Crippen molar-refractivity contribution in [2.45, 2.75) is 39.8 Å². The van der Waals surface area contributed by atoms with E-state index in [1.165, 1.54) is 0 Å². The maximum absolute atomic E-state index is 5.60. The molecule has 0 spiro atoms. The average Bonchev–Trinajstić information content (AvgIpc) is 2.92. The van der Waals surface area contributed by atoms with Gasteiger partial charge in [0.05, 0.1) is 6.61 Å². The molecular weight excluding hydrogens is 254 g/mol. The number of tetrazole rings is 1. The van der Waals surface area contributed by atoms with Gasteiger partial charge in [-0.25, -0.2) is 4.68 Å². The van der Waals surface area contributed by atoms with Crippen molar-refractivity contribution in [2.75, 3.05) is 11.9 Å². The summed E-state index contributed by atoms with van der Waals surface area (Å²) in [6.45, 7) is 6.26. The second-order valence-corrected chi connectivity index (χ2v) is 4.47. The number of rotatable bonds is 8. The lowest BCUT2D eigenvalue weighted by Crippen LogP contribution is -2.10. The number of nitrogens with one attached hydrogen (secondary N) is 1. The van der Waals surface area contributed by atoms with E-state index in [4.69, 9.17) is 4.74 Å². The number of hydrogen-bond donors (Lipinski definition) is 1. The summed E-state index contributed by atoms with van der Waals surface area (Å²) >= 11 is 0. The molecule has 1 aromatic heterocycles. The third-order valence-electron chi connectivity index (χ3n) is 2.96. The van der Waals surface area contributed by atoms with Crippen molar-refractivity contribution in [2.24, 2.45) is 0 Å². The van der Waals surface area contributed by atoms with Gasteiger partial charge in [-0.15, -0.1) is 0 Å². The summed E-state index contributed by atoms with van der Waals surface area (Å²) in [5.74, 6) is 1.60. The molecule has 0 amide bonds. The highest BCUT2D eigenvalue weighted by molar-refractivity contribution is 5.36. The van der Waals surface area contributed by atoms with E-state index in [1.807, 2.05) is 31.2 Å². The first-order valence-corrected chi connectivity index (χ1v) is 7.05. The fourth-order valence-corrected chi connectivity index (χ4v) is 1.91. The molecular formula is C14H21N5O. The Morgan fingerprint density at radius 1 is 1.25 bits per heavy atom. The van der Waals surface area contributed by atoms with E-state index in [2.05, 4.69) is 27.8 Å². The number of aryl methyl sites for hydroxylation is 1. The number of hydrogen-bond acceptors (Lipinski definition) is 5. The minimum absolute atomic E-state index is 0.642. The summed E-state index contributed by atoms with van der Waals surface area (Å²) in [4.78, 5) is 0. The van der Waals surface area contributed by atoms with E-state index in [1.54, 1.807) is 4.68 Å². The molecule has 0 fully saturated rings. The van der Waals surface area contributed by atoms with Crippen molar-refractivity contribution in [3.8, 4) is 5.75 Å². The molecule has 0 radical (unpaired) electrons. The van der Waals surface area contributed by atoms with E-state index >= 15 is 0 Å². The zero-order valence-electron chi connectivity index (χ0n) is 12.0. The fraction of sp³-hybridized carbons (Fsp3) is 0.500. The summed E-state index contributed by atoms with van der Waals surface area (Å²) < 4.78 is 7.40. The monoisotopic (exact) mass is 275 g/mol. The first-order valence-electron chi connectivity index (χ1n) is 7.05. The predicted octanol–water partition coefficient (Wildman–Crippen LogP) is 2.48. The minimum Gasteiger partial charge on any atom is -0.494 e. The van der Waals surface area contributed by atoms with Crippen LogP contribution in [0.3, 0.4) is 0 Å². The minimum atomic E-state index is 0.642. The lowest BCUT2D eigenvalue weighted by molar-refractivity contribution is 0.337. The van der Waals surface area contributed by atoms with Gasteiger partial charge in [-0.3, -0.25) is 0 Å². The number of para-hydroxylation sites is 1. The number of aromatic nitrogens is 4. The fourth-order valence-electron chi connectivity index (χ4n) is 1.91. The Balaban J connectivity index is 2.00. The normalized spacial score (nSPS) is 10.5. The van der Waals surface area contributed by atoms with Crippen LogP contribution < -0.4 is 10.1 Å². The molecule has 1 heterocycles. The average molecular weight is 275 g/mol. The van der Waals surface area contributed by atoms with Crippen LogP contribution in [0.15, 0.2) is 24.3 Å². The van der Waals surface area contributed by atoms with Crippen molar-refractivity contribution in [3.63, 3.8) is 0 Å². The van der Waals surface area contributed by atoms with Crippen molar-refractivity contribution in [1.82, 2.24) is 20.2 Å². The van der Waals surface area contributed by atoms with E-state index in [-0.39, 0.29) is 0 Å². The summed E-state index contributed by atoms with van der Waals surface area (Å²) in [6.07, 6.45) is 2.18. The first kappa shape index (κ1) is 14.3. The number of benzene rings is 1. The van der Waals surface area contributed by atoms with E-state index < -0.39 is 0 Å². The molecule has 0 aliphatic heterocycles. The van der Waals surface area contributed by atoms with Crippen molar-refractivity contribution < 1.29 is 4.74 Å². The second kappa shape index (κ2) is 7.47. The summed E-state index contributed by atoms with van der Waals surface area (Å²) in [5, 5.41) is 15.0. The molecule has 2 aromatic rings. The highest BCUT2D eigenvalue weighted by atomic mass is 16.5. The zero-order chi connectivity index (χ0) is 14.2. The molecule has 0 aliphatic carbocycles. The number of unbranched alkanes of at least 4 members (excludes halogenated alkanes) is 1. The SMILES string of the molecule is CCCCn1nnnc1NCc1ccccc1OCC. The van der Waals surface area contributed by atoms with E-state index in [0.29, 0.717) is 19.1 Å². The molecule has 0 saturated heterocycles. The molecule has 0 unspecified atom stereocenters. The third-order valence-corrected chi connectivity index (χ3v) is 2.96. The zero-order valence-corrected chi connectivity index (χ0v) is 12.0. The van der Waals surface area contributed by atoms with Crippen molar-refractivity contribution >= 4 is 5.95 Å². The standard InChI is InChI=1S/C14H21N5O/c1-3-5-10-19-14(16-17-18-19)15-11-12-8-6-7-9-13(12)20-4-2/h6-9H,3-5,10-11H2,1-2H3,(H,15,16,18). The predicted molar refractivity (Wildman–Crippen MR) is 77.7 cm³/mol. The molecule has 1 aromatic carbocycles. The molecule has 6 nitrogen and oxygen atoms in total. The second-order valence-electron chi connectivity index (χ2n) is 4.47. The van der Waals surface area contributed by atoms with Crippen LogP contribution in [0.4, 0.5) is 5.95 Å². The molecule has 6 heteroatoms. The van der Waals surface area contributed by atoms with E-state index in [0.717, 1.165) is 30.7 Å². The molecule has 0 atom stereocenters. The quantitative estimate of drug-likeness (QED) is 0.801. The highest BCUT2D eigenvalue weighted by Crippen LogP contribution is 2.18. The van der Waals surface area contributed by atoms with Crippen LogP contribution in [-0.2, 0) is 13.1 Å². The van der Waals surface area contributed by atoms with Gasteiger partial charge in [-0.2, -0.15) is 0 Å². The van der Waals surface area contributed by atoms with Gasteiger partial charge in [0, 0.05) is 18.7 Å². The number of nitrogens with zero attached hydrogens (tertiary/aromatic N) is 4. The van der Waals surface area contributed by atoms with Gasteiger partial charge in [0.2, 0.25) is 5.95 Å². The van der Waals surface area contributed by atoms with Crippen LogP contribution in [-0.4, -0.2) is 26.8 Å². The molecule has 1 N–H and O–H groups in total. The van der Waals surface area contributed by atoms with Gasteiger partial charge in [0.1, 0.15) is 5.75 Å². The Kier molecular flexibility index (Phi) is 5.34. The number of anilines is 1. The Labute approximate surface area is 119 Å². The van der Waals surface area contributed by atoms with Crippen LogP contribution in [0.25, 0.3) is 0 Å². The van der Waals surface area contributed by atoms with Gasteiger partial charge in [0.15, 0.2) is 0 Å². The maximum Gasteiger partial charge on any atom is 0.243 e. The Morgan fingerprint density at radius 3 is 2.90 bits per heavy atom. The van der Waals surface area contributed by atoms with Gasteiger partial charge >= 0.3 is 0 Å². The lowest BCUT2D eigenvalue weighted by atomic mass is 10.2. The molecule has 0 saturated carbocycles. The summed E-state index contributed by atoms with van der Waals surface area (Å²) in [6, 6.07) is 7.98. The summed E-state index contributed by atoms with van der Waals surface area (Å²) in [7, 11) is 0. The smallest absolute Gasteiger partial charge is 0.243 e. The van der Waals surface area contributed by atoms with Gasteiger partial charge in [0.25, 0.3) is 0 Å². The van der Waals surface area contributed by atoms with Gasteiger partial charge in [-0.05, 0) is 29.8 Å². The van der Waals surface area contributed by atoms with Gasteiger partial charge < -0.3 is 10.1 Å². The van der Waals surface area contributed by atoms with Crippen molar-refractivity contribution in [3.05, 3.63) is 29.8 Å². The Hall–Kier alpha value is -2.11. The van der Waals surface area contributed by atoms with Crippen LogP contribution in [0.2, 0.25) is 0 Å². The highest BCUT2D eigenvalue weighted by Gasteiger charge is 2.07. The largest absolute Gasteiger partial charge is 0.494 e. The van der Waals surface area contributed by atoms with Crippen LogP contribution in [0, 0.1) is 0 Å². The lowest BCUT2D eigenvalue weighted by Gasteiger charge is -2.11. The van der Waals surface area contributed by atoms with Gasteiger partial charge in [-0.1, -0.05) is 36.6 Å². The topological polar surface area (TPSA) is 64.9 Å². The maximum atomic E-state index is 5.60. The molecule has 20 heavy (non-hydrogen) atoms.